The van der Waals surface area contributed by atoms with Crippen molar-refractivity contribution in [1.29, 1.82) is 0 Å². The van der Waals surface area contributed by atoms with Crippen molar-refractivity contribution in [1.82, 2.24) is 9.78 Å². The van der Waals surface area contributed by atoms with Gasteiger partial charge in [0.15, 0.2) is 0 Å². The van der Waals surface area contributed by atoms with Crippen molar-refractivity contribution in [2.75, 3.05) is 5.32 Å². The van der Waals surface area contributed by atoms with Crippen LogP contribution in [0.5, 0.6) is 0 Å². The Morgan fingerprint density at radius 1 is 1.33 bits per heavy atom. The summed E-state index contributed by atoms with van der Waals surface area (Å²) in [7, 11) is 0. The molecule has 0 fully saturated rings. The second-order valence-electron chi connectivity index (χ2n) is 3.23. The maximum Gasteiger partial charge on any atom is 0.0543 e. The van der Waals surface area contributed by atoms with Crippen molar-refractivity contribution < 1.29 is 0 Å². The van der Waals surface area contributed by atoms with E-state index >= 15 is 0 Å². The summed E-state index contributed by atoms with van der Waals surface area (Å²) < 4.78 is 1.70. The lowest BCUT2D eigenvalue weighted by molar-refractivity contribution is 0.936. The topological polar surface area (TPSA) is 29.9 Å². The highest BCUT2D eigenvalue weighted by Gasteiger charge is 1.95. The number of hydrogen-bond acceptors (Lipinski definition) is 2. The molecule has 3 heteroatoms. The first-order valence-electron chi connectivity index (χ1n) is 4.83. The van der Waals surface area contributed by atoms with Crippen molar-refractivity contribution >= 4 is 11.9 Å². The first-order valence-corrected chi connectivity index (χ1v) is 4.83. The van der Waals surface area contributed by atoms with Crippen molar-refractivity contribution in [2.24, 2.45) is 0 Å². The summed E-state index contributed by atoms with van der Waals surface area (Å²) in [5.74, 6) is 0. The summed E-state index contributed by atoms with van der Waals surface area (Å²) in [6.07, 6.45) is 5.45. The van der Waals surface area contributed by atoms with Gasteiger partial charge in [0, 0.05) is 30.2 Å². The second-order valence-corrected chi connectivity index (χ2v) is 3.23. The van der Waals surface area contributed by atoms with Gasteiger partial charge in [-0.05, 0) is 12.1 Å². The third-order valence-corrected chi connectivity index (χ3v) is 2.11. The molecule has 0 aliphatic carbocycles. The van der Waals surface area contributed by atoms with Crippen molar-refractivity contribution in [3.63, 3.8) is 0 Å². The van der Waals surface area contributed by atoms with Gasteiger partial charge >= 0.3 is 0 Å². The molecule has 76 valence electrons. The zero-order valence-corrected chi connectivity index (χ0v) is 8.43. The highest BCUT2D eigenvalue weighted by Crippen LogP contribution is 2.07. The first kappa shape index (κ1) is 9.52. The van der Waals surface area contributed by atoms with Gasteiger partial charge in [0.05, 0.1) is 6.20 Å². The predicted octanol–water partition coefficient (Wildman–Crippen LogP) is 2.60. The Bertz CT molecular complexity index is 431. The van der Waals surface area contributed by atoms with Gasteiger partial charge in [0.2, 0.25) is 0 Å². The van der Waals surface area contributed by atoms with E-state index in [1.54, 1.807) is 10.9 Å². The molecular weight excluding hydrogens is 186 g/mol. The highest BCUT2D eigenvalue weighted by atomic mass is 15.2. The highest BCUT2D eigenvalue weighted by molar-refractivity contribution is 5.42. The molecule has 1 aromatic carbocycles. The fourth-order valence-electron chi connectivity index (χ4n) is 1.33. The van der Waals surface area contributed by atoms with Crippen LogP contribution in [0.4, 0.5) is 5.69 Å². The van der Waals surface area contributed by atoms with E-state index in [1.807, 2.05) is 42.7 Å². The molecule has 0 bridgehead atoms. The Labute approximate surface area is 89.1 Å². The molecular formula is C12H13N3. The van der Waals surface area contributed by atoms with Crippen LogP contribution in [0.1, 0.15) is 5.56 Å². The largest absolute Gasteiger partial charge is 0.381 e. The molecule has 15 heavy (non-hydrogen) atoms. The molecule has 0 amide bonds. The van der Waals surface area contributed by atoms with E-state index < -0.39 is 0 Å². The predicted molar refractivity (Wildman–Crippen MR) is 62.4 cm³/mol. The van der Waals surface area contributed by atoms with E-state index in [-0.39, 0.29) is 0 Å². The smallest absolute Gasteiger partial charge is 0.0543 e. The van der Waals surface area contributed by atoms with E-state index in [2.05, 4.69) is 17.0 Å². The molecule has 0 spiro atoms. The normalized spacial score (nSPS) is 9.87. The van der Waals surface area contributed by atoms with Crippen LogP contribution in [-0.2, 0) is 6.54 Å². The summed E-state index contributed by atoms with van der Waals surface area (Å²) in [6.45, 7) is 4.42. The standard InChI is InChI=1S/C12H13N3/c1-2-15-10-11(9-14-15)8-13-12-6-4-3-5-7-12/h2-7,9-10,13H,1,8H2. The van der Waals surface area contributed by atoms with E-state index in [0.717, 1.165) is 17.8 Å². The maximum absolute atomic E-state index is 4.11. The zero-order chi connectivity index (χ0) is 10.5. The lowest BCUT2D eigenvalue weighted by Gasteiger charge is -2.03. The second kappa shape index (κ2) is 4.46. The fraction of sp³-hybridized carbons (Fsp3) is 0.0833. The number of anilines is 1. The van der Waals surface area contributed by atoms with Crippen LogP contribution in [-0.4, -0.2) is 9.78 Å². The van der Waals surface area contributed by atoms with Crippen LogP contribution in [0.3, 0.4) is 0 Å². The molecule has 0 saturated heterocycles. The molecule has 1 aromatic heterocycles. The van der Waals surface area contributed by atoms with E-state index in [9.17, 15) is 0 Å². The average molecular weight is 199 g/mol. The van der Waals surface area contributed by atoms with E-state index in [1.165, 1.54) is 0 Å². The van der Waals surface area contributed by atoms with Crippen molar-refractivity contribution in [3.8, 4) is 0 Å². The molecule has 0 radical (unpaired) electrons. The van der Waals surface area contributed by atoms with E-state index in [0.29, 0.717) is 0 Å². The number of para-hydroxylation sites is 1. The third kappa shape index (κ3) is 2.47. The molecule has 0 aliphatic rings. The Kier molecular flexibility index (Phi) is 2.83. The molecule has 0 saturated carbocycles. The molecule has 0 unspecified atom stereocenters. The van der Waals surface area contributed by atoms with Crippen LogP contribution in [0, 0.1) is 0 Å². The van der Waals surface area contributed by atoms with Crippen LogP contribution >= 0.6 is 0 Å². The van der Waals surface area contributed by atoms with Gasteiger partial charge in [-0.15, -0.1) is 0 Å². The summed E-state index contributed by atoms with van der Waals surface area (Å²) >= 11 is 0. The molecule has 2 rings (SSSR count). The number of rotatable bonds is 4. The summed E-state index contributed by atoms with van der Waals surface area (Å²) in [5.41, 5.74) is 2.25. The fourth-order valence-corrected chi connectivity index (χ4v) is 1.33. The van der Waals surface area contributed by atoms with Gasteiger partial charge in [-0.25, -0.2) is 4.68 Å². The molecule has 0 atom stereocenters. The van der Waals surface area contributed by atoms with Crippen molar-refractivity contribution in [3.05, 3.63) is 54.9 Å². The van der Waals surface area contributed by atoms with Crippen LogP contribution < -0.4 is 5.32 Å². The number of aromatic nitrogens is 2. The Morgan fingerprint density at radius 3 is 2.80 bits per heavy atom. The summed E-state index contributed by atoms with van der Waals surface area (Å²) in [6, 6.07) is 10.1. The third-order valence-electron chi connectivity index (χ3n) is 2.11. The molecule has 2 aromatic rings. The lowest BCUT2D eigenvalue weighted by atomic mass is 10.3. The van der Waals surface area contributed by atoms with E-state index in [4.69, 9.17) is 0 Å². The van der Waals surface area contributed by atoms with Gasteiger partial charge in [-0.1, -0.05) is 24.8 Å². The Hall–Kier alpha value is -2.03. The monoisotopic (exact) mass is 199 g/mol. The molecule has 1 N–H and O–H groups in total. The van der Waals surface area contributed by atoms with Gasteiger partial charge in [-0.2, -0.15) is 5.10 Å². The Morgan fingerprint density at radius 2 is 2.13 bits per heavy atom. The molecule has 3 nitrogen and oxygen atoms in total. The minimum absolute atomic E-state index is 0.776. The van der Waals surface area contributed by atoms with Crippen LogP contribution in [0.2, 0.25) is 0 Å². The number of benzene rings is 1. The number of nitrogens with one attached hydrogen (secondary N) is 1. The average Bonchev–Trinajstić information content (AvgIpc) is 2.76. The number of hydrogen-bond donors (Lipinski definition) is 1. The van der Waals surface area contributed by atoms with Gasteiger partial charge in [0.25, 0.3) is 0 Å². The molecule has 0 aliphatic heterocycles. The quantitative estimate of drug-likeness (QED) is 0.820. The first-order chi connectivity index (χ1) is 7.38. The minimum atomic E-state index is 0.776. The van der Waals surface area contributed by atoms with Gasteiger partial charge in [-0.3, -0.25) is 0 Å². The number of nitrogens with zero attached hydrogens (tertiary/aromatic N) is 2. The van der Waals surface area contributed by atoms with Crippen LogP contribution in [0.15, 0.2) is 49.3 Å². The summed E-state index contributed by atoms with van der Waals surface area (Å²) in [4.78, 5) is 0. The lowest BCUT2D eigenvalue weighted by Crippen LogP contribution is -1.97. The zero-order valence-electron chi connectivity index (χ0n) is 8.43. The SMILES string of the molecule is C=Cn1cc(CNc2ccccc2)cn1. The minimum Gasteiger partial charge on any atom is -0.381 e. The van der Waals surface area contributed by atoms with Gasteiger partial charge < -0.3 is 5.32 Å². The van der Waals surface area contributed by atoms with Crippen LogP contribution in [0.25, 0.3) is 6.20 Å². The maximum atomic E-state index is 4.11. The Balaban J connectivity index is 1.96. The molecule has 1 heterocycles. The van der Waals surface area contributed by atoms with Crippen molar-refractivity contribution in [2.45, 2.75) is 6.54 Å². The summed E-state index contributed by atoms with van der Waals surface area (Å²) in [5, 5.41) is 7.42. The van der Waals surface area contributed by atoms with Gasteiger partial charge in [0.1, 0.15) is 0 Å².